The molecule has 33 heavy (non-hydrogen) atoms. The van der Waals surface area contributed by atoms with E-state index < -0.39 is 0 Å². The second kappa shape index (κ2) is 11.8. The molecule has 3 aromatic rings. The van der Waals surface area contributed by atoms with Crippen LogP contribution in [0.25, 0.3) is 0 Å². The van der Waals surface area contributed by atoms with Gasteiger partial charge in [0.1, 0.15) is 18.2 Å². The maximum atomic E-state index is 12.6. The number of anilines is 4. The van der Waals surface area contributed by atoms with Crippen LogP contribution >= 0.6 is 11.8 Å². The van der Waals surface area contributed by atoms with E-state index in [0.717, 1.165) is 10.6 Å². The molecule has 0 radical (unpaired) electrons. The monoisotopic (exact) mass is 467 g/mol. The number of hydrogen-bond donors (Lipinski definition) is 3. The first-order valence-electron chi connectivity index (χ1n) is 10.1. The summed E-state index contributed by atoms with van der Waals surface area (Å²) in [5.74, 6) is 0.859. The van der Waals surface area contributed by atoms with E-state index in [0.29, 0.717) is 36.0 Å². The van der Waals surface area contributed by atoms with Gasteiger partial charge in [-0.1, -0.05) is 6.07 Å². The van der Waals surface area contributed by atoms with E-state index in [1.54, 1.807) is 49.7 Å². The van der Waals surface area contributed by atoms with E-state index in [1.807, 2.05) is 18.4 Å². The van der Waals surface area contributed by atoms with Gasteiger partial charge in [-0.05, 0) is 48.7 Å². The van der Waals surface area contributed by atoms with Gasteiger partial charge in [-0.15, -0.1) is 11.8 Å². The Kier molecular flexibility index (Phi) is 8.62. The molecule has 0 saturated heterocycles. The fourth-order valence-electron chi connectivity index (χ4n) is 2.80. The van der Waals surface area contributed by atoms with E-state index >= 15 is 0 Å². The number of hydrogen-bond acceptors (Lipinski definition) is 8. The highest BCUT2D eigenvalue weighted by Crippen LogP contribution is 2.28. The number of benzene rings is 2. The van der Waals surface area contributed by atoms with E-state index in [-0.39, 0.29) is 17.8 Å². The highest BCUT2D eigenvalue weighted by atomic mass is 32.2. The molecule has 1 heterocycles. The molecular weight excluding hydrogens is 442 g/mol. The topological polar surface area (TPSA) is 114 Å². The number of rotatable bonds is 10. The molecular formula is C23H25N5O4S. The van der Waals surface area contributed by atoms with Crippen LogP contribution in [0.2, 0.25) is 0 Å². The minimum atomic E-state index is -0.339. The van der Waals surface area contributed by atoms with Gasteiger partial charge in [0.25, 0.3) is 5.91 Å². The third-order valence-electron chi connectivity index (χ3n) is 4.32. The highest BCUT2D eigenvalue weighted by Gasteiger charge is 2.12. The number of carbonyl (C=O) groups excluding carboxylic acids is 2. The number of methoxy groups -OCH3 is 1. The molecule has 9 nitrogen and oxygen atoms in total. The van der Waals surface area contributed by atoms with Gasteiger partial charge in [-0.3, -0.25) is 14.9 Å². The minimum Gasteiger partial charge on any atom is -0.491 e. The lowest BCUT2D eigenvalue weighted by molar-refractivity contribution is -0.114. The summed E-state index contributed by atoms with van der Waals surface area (Å²) in [6, 6.07) is 14.0. The van der Waals surface area contributed by atoms with Gasteiger partial charge in [0, 0.05) is 37.2 Å². The second-order valence-corrected chi connectivity index (χ2v) is 7.67. The average molecular weight is 468 g/mol. The van der Waals surface area contributed by atoms with Crippen molar-refractivity contribution in [3.8, 4) is 5.75 Å². The second-order valence-electron chi connectivity index (χ2n) is 6.82. The van der Waals surface area contributed by atoms with Crippen LogP contribution in [0.3, 0.4) is 0 Å². The Balaban J connectivity index is 1.71. The Morgan fingerprint density at radius 3 is 2.48 bits per heavy atom. The summed E-state index contributed by atoms with van der Waals surface area (Å²) in [7, 11) is 1.61. The smallest absolute Gasteiger partial charge is 0.258 e. The van der Waals surface area contributed by atoms with Gasteiger partial charge in [0.2, 0.25) is 11.9 Å². The summed E-state index contributed by atoms with van der Waals surface area (Å²) >= 11 is 1.47. The highest BCUT2D eigenvalue weighted by molar-refractivity contribution is 7.98. The maximum Gasteiger partial charge on any atom is 0.258 e. The lowest BCUT2D eigenvalue weighted by Gasteiger charge is -2.12. The Morgan fingerprint density at radius 1 is 1.03 bits per heavy atom. The van der Waals surface area contributed by atoms with Crippen molar-refractivity contribution in [3.63, 3.8) is 0 Å². The SMILES string of the molecule is COCCOc1ccc(C(=O)Nc2ncc(SC)c(Nc3cccc(NC(C)=O)c3)n2)cc1. The van der Waals surface area contributed by atoms with Crippen LogP contribution in [0.5, 0.6) is 5.75 Å². The predicted molar refractivity (Wildman–Crippen MR) is 130 cm³/mol. The van der Waals surface area contributed by atoms with Crippen molar-refractivity contribution >= 4 is 46.7 Å². The summed E-state index contributed by atoms with van der Waals surface area (Å²) < 4.78 is 10.5. The first-order valence-corrected chi connectivity index (χ1v) is 11.3. The van der Waals surface area contributed by atoms with E-state index in [1.165, 1.54) is 18.7 Å². The molecule has 0 aliphatic rings. The summed E-state index contributed by atoms with van der Waals surface area (Å²) in [5, 5.41) is 8.68. The molecule has 2 aromatic carbocycles. The number of carbonyl (C=O) groups is 2. The molecule has 1 aromatic heterocycles. The third kappa shape index (κ3) is 7.19. The van der Waals surface area contributed by atoms with Crippen LogP contribution in [0.15, 0.2) is 59.6 Å². The largest absolute Gasteiger partial charge is 0.491 e. The van der Waals surface area contributed by atoms with Gasteiger partial charge in [0.15, 0.2) is 0 Å². The van der Waals surface area contributed by atoms with Crippen molar-refractivity contribution in [2.24, 2.45) is 0 Å². The fraction of sp³-hybridized carbons (Fsp3) is 0.217. The summed E-state index contributed by atoms with van der Waals surface area (Å²) in [6.07, 6.45) is 3.55. The molecule has 0 aliphatic heterocycles. The molecule has 0 aliphatic carbocycles. The number of nitrogens with one attached hydrogen (secondary N) is 3. The number of thioether (sulfide) groups is 1. The van der Waals surface area contributed by atoms with E-state index in [2.05, 4.69) is 25.9 Å². The molecule has 0 fully saturated rings. The van der Waals surface area contributed by atoms with Crippen LogP contribution in [0.4, 0.5) is 23.1 Å². The Morgan fingerprint density at radius 2 is 1.79 bits per heavy atom. The average Bonchev–Trinajstić information content (AvgIpc) is 2.80. The zero-order chi connectivity index (χ0) is 23.6. The first kappa shape index (κ1) is 24.0. The molecule has 2 amide bonds. The summed E-state index contributed by atoms with van der Waals surface area (Å²) in [4.78, 5) is 33.5. The maximum absolute atomic E-state index is 12.6. The summed E-state index contributed by atoms with van der Waals surface area (Å²) in [6.45, 7) is 2.37. The van der Waals surface area contributed by atoms with Crippen LogP contribution in [0, 0.1) is 0 Å². The van der Waals surface area contributed by atoms with Crippen molar-refractivity contribution in [2.45, 2.75) is 11.8 Å². The fourth-order valence-corrected chi connectivity index (χ4v) is 3.25. The zero-order valence-electron chi connectivity index (χ0n) is 18.5. The van der Waals surface area contributed by atoms with Crippen LogP contribution in [-0.4, -0.2) is 48.4 Å². The van der Waals surface area contributed by atoms with Crippen molar-refractivity contribution in [2.75, 3.05) is 42.5 Å². The van der Waals surface area contributed by atoms with Gasteiger partial charge < -0.3 is 20.1 Å². The summed E-state index contributed by atoms with van der Waals surface area (Å²) in [5.41, 5.74) is 1.84. The Hall–Kier alpha value is -3.63. The van der Waals surface area contributed by atoms with Crippen LogP contribution in [0.1, 0.15) is 17.3 Å². The van der Waals surface area contributed by atoms with Gasteiger partial charge >= 0.3 is 0 Å². The standard InChI is InChI=1S/C23H25N5O4S/c1-15(29)25-17-5-4-6-18(13-17)26-21-20(33-3)14-24-23(27-21)28-22(30)16-7-9-19(10-8-16)32-12-11-31-2/h4-10,13-14H,11-12H2,1-3H3,(H,25,29)(H2,24,26,27,28,30). The Bertz CT molecular complexity index is 1110. The molecule has 0 bridgehead atoms. The molecule has 3 rings (SSSR count). The third-order valence-corrected chi connectivity index (χ3v) is 5.06. The minimum absolute atomic E-state index is 0.154. The van der Waals surface area contributed by atoms with E-state index in [9.17, 15) is 9.59 Å². The first-order chi connectivity index (χ1) is 16.0. The molecule has 0 unspecified atom stereocenters. The lowest BCUT2D eigenvalue weighted by atomic mass is 10.2. The van der Waals surface area contributed by atoms with Gasteiger partial charge in [0.05, 0.1) is 11.5 Å². The molecule has 0 spiro atoms. The molecule has 0 saturated carbocycles. The number of nitrogens with zero attached hydrogens (tertiary/aromatic N) is 2. The van der Waals surface area contributed by atoms with Crippen molar-refractivity contribution in [1.29, 1.82) is 0 Å². The predicted octanol–water partition coefficient (Wildman–Crippen LogP) is 4.18. The zero-order valence-corrected chi connectivity index (χ0v) is 19.4. The number of amides is 2. The molecule has 172 valence electrons. The normalized spacial score (nSPS) is 10.4. The van der Waals surface area contributed by atoms with Gasteiger partial charge in [-0.2, -0.15) is 4.98 Å². The molecule has 0 atom stereocenters. The van der Waals surface area contributed by atoms with Crippen LogP contribution < -0.4 is 20.7 Å². The van der Waals surface area contributed by atoms with Crippen molar-refractivity contribution in [1.82, 2.24) is 9.97 Å². The van der Waals surface area contributed by atoms with E-state index in [4.69, 9.17) is 9.47 Å². The quantitative estimate of drug-likeness (QED) is 0.301. The molecule has 10 heteroatoms. The van der Waals surface area contributed by atoms with Crippen molar-refractivity contribution < 1.29 is 19.1 Å². The van der Waals surface area contributed by atoms with Gasteiger partial charge in [-0.25, -0.2) is 4.98 Å². The lowest BCUT2D eigenvalue weighted by Crippen LogP contribution is -2.15. The Labute approximate surface area is 196 Å². The van der Waals surface area contributed by atoms with Crippen molar-refractivity contribution in [3.05, 3.63) is 60.3 Å². The number of aromatic nitrogens is 2. The van der Waals surface area contributed by atoms with Crippen LogP contribution in [-0.2, 0) is 9.53 Å². The number of ether oxygens (including phenoxy) is 2. The molecule has 3 N–H and O–H groups in total.